The Morgan fingerprint density at radius 1 is 1.22 bits per heavy atom. The first-order chi connectivity index (χ1) is 11.0. The first-order valence-electron chi connectivity index (χ1n) is 6.84. The molecular weight excluding hydrogens is 324 g/mol. The minimum atomic E-state index is -3.88. The summed E-state index contributed by atoms with van der Waals surface area (Å²) in [5.41, 5.74) is -0.115. The number of carbonyl (C=O) groups is 1. The van der Waals surface area contributed by atoms with E-state index in [1.54, 1.807) is 6.92 Å². The van der Waals surface area contributed by atoms with Crippen LogP contribution in [0.3, 0.4) is 0 Å². The Labute approximate surface area is 133 Å². The highest BCUT2D eigenvalue weighted by atomic mass is 32.2. The van der Waals surface area contributed by atoms with Crippen LogP contribution in [0.4, 0.5) is 6.01 Å². The molecule has 0 amide bonds. The lowest BCUT2D eigenvalue weighted by atomic mass is 10.3. The van der Waals surface area contributed by atoms with Crippen LogP contribution in [0, 0.1) is 0 Å². The normalized spacial score (nSPS) is 11.0. The van der Waals surface area contributed by atoms with E-state index in [9.17, 15) is 13.2 Å². The average molecular weight is 340 g/mol. The predicted molar refractivity (Wildman–Crippen MR) is 80.9 cm³/mol. The molecule has 2 aromatic rings. The molecule has 8 nitrogen and oxygen atoms in total. The van der Waals surface area contributed by atoms with Crippen molar-refractivity contribution in [2.45, 2.75) is 18.7 Å². The second kappa shape index (κ2) is 7.14. The highest BCUT2D eigenvalue weighted by molar-refractivity contribution is 7.92. The fourth-order valence-corrected chi connectivity index (χ4v) is 2.61. The Kier molecular flexibility index (Phi) is 5.22. The van der Waals surface area contributed by atoms with Crippen molar-refractivity contribution in [3.8, 4) is 5.75 Å². The van der Waals surface area contributed by atoms with Crippen molar-refractivity contribution >= 4 is 22.0 Å². The first kappa shape index (κ1) is 16.8. The van der Waals surface area contributed by atoms with Crippen molar-refractivity contribution in [3.05, 3.63) is 36.2 Å². The molecule has 0 atom stereocenters. The number of aromatic nitrogens is 1. The van der Waals surface area contributed by atoms with E-state index >= 15 is 0 Å². The Morgan fingerprint density at radius 3 is 2.52 bits per heavy atom. The molecule has 1 heterocycles. The van der Waals surface area contributed by atoms with E-state index in [1.165, 1.54) is 24.3 Å². The maximum absolute atomic E-state index is 12.2. The van der Waals surface area contributed by atoms with Crippen molar-refractivity contribution in [1.29, 1.82) is 0 Å². The molecule has 0 unspecified atom stereocenters. The summed E-state index contributed by atoms with van der Waals surface area (Å²) >= 11 is 0. The number of esters is 1. The smallest absolute Gasteiger partial charge is 0.360 e. The van der Waals surface area contributed by atoms with Gasteiger partial charge in [0.25, 0.3) is 10.0 Å². The van der Waals surface area contributed by atoms with Crippen LogP contribution in [0.1, 0.15) is 24.3 Å². The molecular formula is C14H16N2O6S. The maximum atomic E-state index is 12.2. The van der Waals surface area contributed by atoms with E-state index in [-0.39, 0.29) is 23.2 Å². The molecule has 0 radical (unpaired) electrons. The van der Waals surface area contributed by atoms with Crippen LogP contribution in [0.5, 0.6) is 5.75 Å². The van der Waals surface area contributed by atoms with Gasteiger partial charge in [0.15, 0.2) is 5.69 Å². The van der Waals surface area contributed by atoms with Crippen molar-refractivity contribution in [1.82, 2.24) is 4.98 Å². The summed E-state index contributed by atoms with van der Waals surface area (Å²) in [5.74, 6) is -0.130. The molecule has 124 valence electrons. The monoisotopic (exact) mass is 340 g/mol. The highest BCUT2D eigenvalue weighted by Crippen LogP contribution is 2.19. The van der Waals surface area contributed by atoms with Gasteiger partial charge >= 0.3 is 12.0 Å². The van der Waals surface area contributed by atoms with Gasteiger partial charge in [-0.25, -0.2) is 17.9 Å². The first-order valence-corrected chi connectivity index (χ1v) is 8.33. The number of hydrogen-bond acceptors (Lipinski definition) is 7. The largest absolute Gasteiger partial charge is 0.494 e. The van der Waals surface area contributed by atoms with Gasteiger partial charge in [0.2, 0.25) is 0 Å². The lowest BCUT2D eigenvalue weighted by molar-refractivity contribution is 0.0519. The quantitative estimate of drug-likeness (QED) is 0.768. The third kappa shape index (κ3) is 4.22. The minimum absolute atomic E-state index is 0.0110. The molecule has 23 heavy (non-hydrogen) atoms. The van der Waals surface area contributed by atoms with Gasteiger partial charge in [-0.2, -0.15) is 4.98 Å². The fraction of sp³-hybridized carbons (Fsp3) is 0.286. The number of nitrogens with one attached hydrogen (secondary N) is 1. The third-order valence-corrected chi connectivity index (χ3v) is 3.99. The summed E-state index contributed by atoms with van der Waals surface area (Å²) in [6.45, 7) is 4.14. The van der Waals surface area contributed by atoms with Gasteiger partial charge in [-0.3, -0.25) is 0 Å². The zero-order chi connectivity index (χ0) is 16.9. The Morgan fingerprint density at radius 2 is 1.91 bits per heavy atom. The Hall–Kier alpha value is -2.55. The molecule has 0 saturated heterocycles. The molecule has 9 heteroatoms. The fourth-order valence-electron chi connectivity index (χ4n) is 1.67. The van der Waals surface area contributed by atoms with Crippen molar-refractivity contribution in [3.63, 3.8) is 0 Å². The van der Waals surface area contributed by atoms with Crippen molar-refractivity contribution < 1.29 is 27.1 Å². The second-order valence-electron chi connectivity index (χ2n) is 4.27. The zero-order valence-electron chi connectivity index (χ0n) is 12.6. The van der Waals surface area contributed by atoms with E-state index in [4.69, 9.17) is 13.9 Å². The zero-order valence-corrected chi connectivity index (χ0v) is 13.4. The number of carbonyl (C=O) groups excluding carboxylic acids is 1. The summed E-state index contributed by atoms with van der Waals surface area (Å²) in [6, 6.07) is 5.54. The van der Waals surface area contributed by atoms with E-state index in [1.807, 2.05) is 6.92 Å². The molecule has 0 bridgehead atoms. The number of rotatable bonds is 7. The van der Waals surface area contributed by atoms with Gasteiger partial charge in [0.1, 0.15) is 12.0 Å². The molecule has 0 saturated carbocycles. The number of hydrogen-bond donors (Lipinski definition) is 1. The van der Waals surface area contributed by atoms with E-state index in [0.29, 0.717) is 12.4 Å². The van der Waals surface area contributed by atoms with Gasteiger partial charge in [-0.1, -0.05) is 0 Å². The van der Waals surface area contributed by atoms with Crippen LogP contribution in [-0.4, -0.2) is 32.6 Å². The molecule has 1 N–H and O–H groups in total. The molecule has 0 aliphatic rings. The summed E-state index contributed by atoms with van der Waals surface area (Å²) in [6.07, 6.45) is 1.02. The summed E-state index contributed by atoms with van der Waals surface area (Å²) in [5, 5.41) is 0. The lowest BCUT2D eigenvalue weighted by Gasteiger charge is -2.06. The van der Waals surface area contributed by atoms with Gasteiger partial charge in [-0.05, 0) is 38.1 Å². The Balaban J connectivity index is 2.13. The number of ether oxygens (including phenoxy) is 2. The van der Waals surface area contributed by atoms with Gasteiger partial charge < -0.3 is 13.9 Å². The van der Waals surface area contributed by atoms with E-state index in [0.717, 1.165) is 6.26 Å². The van der Waals surface area contributed by atoms with Crippen molar-refractivity contribution in [2.24, 2.45) is 0 Å². The number of sulfonamides is 1. The van der Waals surface area contributed by atoms with Crippen LogP contribution in [0.2, 0.25) is 0 Å². The SMILES string of the molecule is CCOC(=O)c1coc(NS(=O)(=O)c2ccc(OCC)cc2)n1. The Bertz CT molecular complexity index is 767. The molecule has 0 fully saturated rings. The van der Waals surface area contributed by atoms with Crippen LogP contribution >= 0.6 is 0 Å². The topological polar surface area (TPSA) is 108 Å². The van der Waals surface area contributed by atoms with Crippen LogP contribution in [0.25, 0.3) is 0 Å². The molecule has 2 rings (SSSR count). The molecule has 0 aliphatic carbocycles. The van der Waals surface area contributed by atoms with Gasteiger partial charge in [0, 0.05) is 0 Å². The number of nitrogens with zero attached hydrogens (tertiary/aromatic N) is 1. The predicted octanol–water partition coefficient (Wildman–Crippen LogP) is 2.05. The summed E-state index contributed by atoms with van der Waals surface area (Å²) in [4.78, 5) is 15.2. The molecule has 1 aromatic carbocycles. The molecule has 0 spiro atoms. The van der Waals surface area contributed by atoms with Gasteiger partial charge in [0.05, 0.1) is 18.1 Å². The van der Waals surface area contributed by atoms with Crippen LogP contribution in [-0.2, 0) is 14.8 Å². The highest BCUT2D eigenvalue weighted by Gasteiger charge is 2.19. The minimum Gasteiger partial charge on any atom is -0.494 e. The molecule has 1 aromatic heterocycles. The lowest BCUT2D eigenvalue weighted by Crippen LogP contribution is -2.13. The second-order valence-corrected chi connectivity index (χ2v) is 5.95. The molecule has 0 aliphatic heterocycles. The number of anilines is 1. The standard InChI is InChI=1S/C14H16N2O6S/c1-3-20-10-5-7-11(8-6-10)23(18,19)16-14-15-12(9-22-14)13(17)21-4-2/h5-9H,3-4H2,1-2H3,(H,15,16). The average Bonchev–Trinajstić information content (AvgIpc) is 2.96. The number of benzene rings is 1. The summed E-state index contributed by atoms with van der Waals surface area (Å²) < 4.78 is 41.5. The number of oxazole rings is 1. The van der Waals surface area contributed by atoms with E-state index < -0.39 is 16.0 Å². The van der Waals surface area contributed by atoms with Crippen LogP contribution < -0.4 is 9.46 Å². The summed E-state index contributed by atoms with van der Waals surface area (Å²) in [7, 11) is -3.88. The third-order valence-electron chi connectivity index (χ3n) is 2.66. The van der Waals surface area contributed by atoms with Crippen molar-refractivity contribution in [2.75, 3.05) is 17.9 Å². The van der Waals surface area contributed by atoms with Gasteiger partial charge in [-0.15, -0.1) is 0 Å². The maximum Gasteiger partial charge on any atom is 0.360 e. The van der Waals surface area contributed by atoms with E-state index in [2.05, 4.69) is 9.71 Å². The van der Waals surface area contributed by atoms with Crippen LogP contribution in [0.15, 0.2) is 39.8 Å².